The predicted octanol–water partition coefficient (Wildman–Crippen LogP) is 4.93. The molecule has 7 aliphatic rings. The Morgan fingerprint density at radius 2 is 1.59 bits per heavy atom. The number of halogens is 1. The third-order valence-electron chi connectivity index (χ3n) is 21.6. The third-order valence-corrected chi connectivity index (χ3v) is 21.6. The average Bonchev–Trinajstić information content (AvgIpc) is 1.85. The van der Waals surface area contributed by atoms with E-state index < -0.39 is 143 Å². The fourth-order valence-corrected chi connectivity index (χ4v) is 16.7. The molecule has 7 rings (SSSR count). The number of hydrogen-bond donors (Lipinski definition) is 7. The van der Waals surface area contributed by atoms with Crippen molar-refractivity contribution in [2.24, 2.45) is 52.3 Å². The van der Waals surface area contributed by atoms with E-state index in [2.05, 4.69) is 5.32 Å². The van der Waals surface area contributed by atoms with Gasteiger partial charge in [0.2, 0.25) is 11.8 Å². The number of carbonyl (C=O) groups is 4. The highest BCUT2D eigenvalue weighted by molar-refractivity contribution is 6.01. The number of rotatable bonds is 12. The van der Waals surface area contributed by atoms with Crippen LogP contribution < -0.4 is 5.32 Å². The van der Waals surface area contributed by atoms with E-state index in [4.69, 9.17) is 28.4 Å². The zero-order valence-electron chi connectivity index (χ0n) is 51.8. The zero-order chi connectivity index (χ0) is 61.1. The highest BCUT2D eigenvalue weighted by atomic mass is 19.1. The largest absolute Gasteiger partial charge is 0.459 e. The molecule has 0 aromatic heterocycles. The van der Waals surface area contributed by atoms with Gasteiger partial charge in [-0.3, -0.25) is 24.1 Å². The van der Waals surface area contributed by atoms with Gasteiger partial charge in [0.25, 0.3) is 0 Å². The van der Waals surface area contributed by atoms with Gasteiger partial charge in [0.15, 0.2) is 24.0 Å². The highest BCUT2D eigenvalue weighted by Gasteiger charge is 2.72. The lowest BCUT2D eigenvalue weighted by Crippen LogP contribution is -2.67. The molecule has 19 nitrogen and oxygen atoms in total. The van der Waals surface area contributed by atoms with Gasteiger partial charge in [0, 0.05) is 76.3 Å². The molecule has 3 heterocycles. The fraction of sp³-hybridized carbons (Fsp3) is 0.871. The van der Waals surface area contributed by atoms with Crippen LogP contribution in [0, 0.1) is 52.3 Å². The van der Waals surface area contributed by atoms with Crippen molar-refractivity contribution in [3.8, 4) is 0 Å². The SMILES string of the molecule is CC[C@H]1OC(=O)[C@H](C)[C@@H](O[C@H]2C[C@@](C)(OC)[C@@H](O)[C@H](C)O2)[C@H](C)[C@@H](O[C@@H]2O[C@H](C)C[C@H](N(C)C(C)=O)[C@H]2O)[C@](C)(O)C[C@@H](C)CN(CCCNC(=O)[C@H]2[C@H](C)CC3C4CCC5=CC(=O)C=C[C@]5(C)[C@@]4(F)[C@@H](O)C[C@@]32C)[C@H](C)[C@@H](O)[C@]1(C)O. The van der Waals surface area contributed by atoms with Crippen LogP contribution in [0.5, 0.6) is 0 Å². The van der Waals surface area contributed by atoms with Gasteiger partial charge in [-0.2, -0.15) is 0 Å². The highest BCUT2D eigenvalue weighted by Crippen LogP contribution is 2.69. The topological polar surface area (TPSA) is 264 Å². The quantitative estimate of drug-likeness (QED) is 0.101. The Morgan fingerprint density at radius 3 is 2.22 bits per heavy atom. The number of ketones is 1. The molecule has 2 unspecified atom stereocenters. The van der Waals surface area contributed by atoms with Gasteiger partial charge in [0.05, 0.1) is 53.7 Å². The standard InChI is InChI=1S/C62H102FN3O16/c1-17-46-61(14,76)51(71)37(7)66(24-18-23-64-54(73)48-33(3)25-43-42-20-19-40-27-41(68)21-22-58(40,11)62(42,63)45(69)29-57(43,48)10)31-32(2)28-59(12,75)53(82-56-49(70)44(26-34(4)78-56)65(15)39(9)67)35(5)50(36(6)55(74)80-46)81-47-30-60(13,77-16)52(72)38(8)79-47/h21-22,27,32-38,42-53,56,69-72,75-76H,17-20,23-26,28-31H2,1-16H3,(H,64,73)/t32-,33-,34-,35+,36-,37-,38+,42?,43?,44+,45+,46-,47+,48-,49-,50+,51-,52+,53-,56+,57+,58+,59-,60-,61-,62+/m1/s1. The number of nitrogens with zero attached hydrogens (tertiary/aromatic N) is 2. The Balaban J connectivity index is 1.16. The van der Waals surface area contributed by atoms with Gasteiger partial charge >= 0.3 is 5.97 Å². The summed E-state index contributed by atoms with van der Waals surface area (Å²) in [7, 11) is 3.07. The summed E-state index contributed by atoms with van der Waals surface area (Å²) in [5.74, 6) is -5.21. The lowest BCUT2D eigenvalue weighted by atomic mass is 9.45. The molecule has 0 spiro atoms. The van der Waals surface area contributed by atoms with E-state index in [1.54, 1.807) is 75.4 Å². The summed E-state index contributed by atoms with van der Waals surface area (Å²) in [6.07, 6.45) is -5.40. The number of carbonyl (C=O) groups excluding carboxylic acids is 4. The van der Waals surface area contributed by atoms with Gasteiger partial charge in [-0.15, -0.1) is 0 Å². The van der Waals surface area contributed by atoms with E-state index in [9.17, 15) is 49.8 Å². The number of methoxy groups -OCH3 is 1. The minimum absolute atomic E-state index is 0.0447. The first-order chi connectivity index (χ1) is 38.0. The second-order valence-corrected chi connectivity index (χ2v) is 27.6. The Bertz CT molecular complexity index is 2360. The summed E-state index contributed by atoms with van der Waals surface area (Å²) in [5.41, 5.74) is -8.05. The number of ether oxygens (including phenoxy) is 6. The molecule has 468 valence electrons. The maximum Gasteiger partial charge on any atom is 0.311 e. The summed E-state index contributed by atoms with van der Waals surface area (Å²) in [6.45, 7) is 25.1. The van der Waals surface area contributed by atoms with Gasteiger partial charge < -0.3 is 69.3 Å². The second-order valence-electron chi connectivity index (χ2n) is 27.6. The number of esters is 1. The number of aliphatic hydroxyl groups excluding tert-OH is 4. The first kappa shape index (κ1) is 66.5. The van der Waals surface area contributed by atoms with Crippen LogP contribution in [-0.4, -0.2) is 200 Å². The van der Waals surface area contributed by atoms with E-state index in [0.29, 0.717) is 44.2 Å². The molecule has 20 heteroatoms. The van der Waals surface area contributed by atoms with Gasteiger partial charge in [-0.25, -0.2) is 4.39 Å². The first-order valence-electron chi connectivity index (χ1n) is 30.5. The normalized spacial score (nSPS) is 48.8. The van der Waals surface area contributed by atoms with Crippen molar-refractivity contribution in [1.29, 1.82) is 0 Å². The van der Waals surface area contributed by atoms with Crippen LogP contribution in [0.25, 0.3) is 0 Å². The smallest absolute Gasteiger partial charge is 0.311 e. The number of cyclic esters (lactones) is 1. The van der Waals surface area contributed by atoms with E-state index in [0.717, 1.165) is 0 Å². The Labute approximate surface area is 486 Å². The monoisotopic (exact) mass is 1160 g/mol. The van der Waals surface area contributed by atoms with Gasteiger partial charge in [-0.05, 0) is 142 Å². The molecule has 6 fully saturated rings. The lowest BCUT2D eigenvalue weighted by Gasteiger charge is -2.61. The number of nitrogens with one attached hydrogen (secondary N) is 1. The van der Waals surface area contributed by atoms with E-state index >= 15 is 4.39 Å². The Hall–Kier alpha value is -2.99. The van der Waals surface area contributed by atoms with E-state index in [-0.39, 0.29) is 74.1 Å². The minimum Gasteiger partial charge on any atom is -0.459 e. The number of fused-ring (bicyclic) bond motifs is 5. The first-order valence-corrected chi connectivity index (χ1v) is 30.5. The number of aliphatic hydroxyl groups is 6. The average molecular weight is 1160 g/mol. The van der Waals surface area contributed by atoms with Crippen molar-refractivity contribution in [3.63, 3.8) is 0 Å². The summed E-state index contributed by atoms with van der Waals surface area (Å²) >= 11 is 0. The van der Waals surface area contributed by atoms with Crippen LogP contribution in [-0.2, 0) is 47.6 Å². The van der Waals surface area contributed by atoms with Crippen molar-refractivity contribution < 1.29 is 82.6 Å². The van der Waals surface area contributed by atoms with Gasteiger partial charge in [0.1, 0.15) is 30.0 Å². The Kier molecular flexibility index (Phi) is 20.3. The van der Waals surface area contributed by atoms with Crippen LogP contribution in [0.2, 0.25) is 0 Å². The lowest BCUT2D eigenvalue weighted by molar-refractivity contribution is -0.317. The molecule has 3 saturated heterocycles. The van der Waals surface area contributed by atoms with Crippen molar-refractivity contribution >= 4 is 23.6 Å². The Morgan fingerprint density at radius 1 is 0.915 bits per heavy atom. The molecule has 82 heavy (non-hydrogen) atoms. The maximum atomic E-state index is 17.9. The molecule has 3 aliphatic heterocycles. The molecular weight excluding hydrogens is 1060 g/mol. The molecular formula is C62H102FN3O16. The molecule has 0 radical (unpaired) electrons. The molecule has 26 atom stereocenters. The maximum absolute atomic E-state index is 17.9. The molecule has 0 bridgehead atoms. The zero-order valence-corrected chi connectivity index (χ0v) is 51.8. The van der Waals surface area contributed by atoms with E-state index in [1.807, 2.05) is 25.7 Å². The van der Waals surface area contributed by atoms with Crippen molar-refractivity contribution in [2.45, 2.75) is 257 Å². The molecule has 0 aromatic rings. The van der Waals surface area contributed by atoms with Gasteiger partial charge in [-0.1, -0.05) is 46.3 Å². The fourth-order valence-electron chi connectivity index (χ4n) is 16.7. The van der Waals surface area contributed by atoms with Crippen LogP contribution in [0.1, 0.15) is 155 Å². The second kappa shape index (κ2) is 25.0. The molecule has 7 N–H and O–H groups in total. The van der Waals surface area contributed by atoms with Crippen molar-refractivity contribution in [1.82, 2.24) is 15.1 Å². The van der Waals surface area contributed by atoms with Crippen molar-refractivity contribution in [3.05, 3.63) is 23.8 Å². The summed E-state index contributed by atoms with van der Waals surface area (Å²) in [6, 6.07) is -1.49. The predicted molar refractivity (Wildman–Crippen MR) is 302 cm³/mol. The number of allylic oxidation sites excluding steroid dienone is 4. The minimum atomic E-state index is -2.01. The number of likely N-dealkylation sites (N-methyl/N-ethyl adjacent to an activating group) is 1. The van der Waals surface area contributed by atoms with Crippen LogP contribution in [0.15, 0.2) is 23.8 Å². The third kappa shape index (κ3) is 12.3. The summed E-state index contributed by atoms with van der Waals surface area (Å²) in [4.78, 5) is 57.8. The summed E-state index contributed by atoms with van der Waals surface area (Å²) < 4.78 is 56.1. The molecule has 3 saturated carbocycles. The van der Waals surface area contributed by atoms with Crippen LogP contribution in [0.3, 0.4) is 0 Å². The number of amides is 2. The van der Waals surface area contributed by atoms with E-state index in [1.165, 1.54) is 38.0 Å². The molecule has 2 amide bonds. The van der Waals surface area contributed by atoms with Crippen molar-refractivity contribution in [2.75, 3.05) is 33.8 Å². The van der Waals surface area contributed by atoms with Crippen LogP contribution >= 0.6 is 0 Å². The number of hydrogen-bond acceptors (Lipinski definition) is 17. The van der Waals surface area contributed by atoms with Crippen LogP contribution in [0.4, 0.5) is 4.39 Å². The summed E-state index contributed by atoms with van der Waals surface area (Å²) in [5, 5.41) is 76.0. The number of alkyl halides is 1. The molecule has 0 aromatic carbocycles. The molecule has 4 aliphatic carbocycles.